The number of carbonyl (C=O) groups excluding carboxylic acids is 1. The molecule has 4 rings (SSSR count). The molecule has 0 fully saturated rings. The standard InChI is InChI=1S/C24H21NO4S/c1-3-29-24(26)19-12-10-18(11-13-19)23-16-20-6-4-5-7-22(20)25(23)30(27,28)21-14-8-17(2)9-15-21/h4-16H,3H2,1-2H3. The fraction of sp³-hybridized carbons (Fsp3) is 0.125. The van der Waals surface area contributed by atoms with Crippen LogP contribution in [0.25, 0.3) is 22.2 Å². The Kier molecular flexibility index (Phi) is 5.18. The van der Waals surface area contributed by atoms with Crippen LogP contribution in [0.3, 0.4) is 0 Å². The Morgan fingerprint density at radius 1 is 0.933 bits per heavy atom. The predicted octanol–water partition coefficient (Wildman–Crippen LogP) is 5.03. The highest BCUT2D eigenvalue weighted by molar-refractivity contribution is 7.90. The molecule has 30 heavy (non-hydrogen) atoms. The van der Waals surface area contributed by atoms with E-state index in [4.69, 9.17) is 4.74 Å². The first kappa shape index (κ1) is 19.9. The van der Waals surface area contributed by atoms with Crippen LogP contribution >= 0.6 is 0 Å². The topological polar surface area (TPSA) is 65.4 Å². The lowest BCUT2D eigenvalue weighted by Gasteiger charge is -2.13. The molecule has 0 aliphatic carbocycles. The molecule has 0 amide bonds. The van der Waals surface area contributed by atoms with Gasteiger partial charge in [-0.15, -0.1) is 0 Å². The van der Waals surface area contributed by atoms with E-state index >= 15 is 0 Å². The number of nitrogens with zero attached hydrogens (tertiary/aromatic N) is 1. The Morgan fingerprint density at radius 2 is 1.60 bits per heavy atom. The Bertz CT molecular complexity index is 1320. The number of hydrogen-bond acceptors (Lipinski definition) is 4. The van der Waals surface area contributed by atoms with E-state index in [1.165, 1.54) is 3.97 Å². The molecular formula is C24H21NO4S. The van der Waals surface area contributed by atoms with Crippen molar-refractivity contribution in [1.82, 2.24) is 3.97 Å². The summed E-state index contributed by atoms with van der Waals surface area (Å²) in [4.78, 5) is 12.2. The lowest BCUT2D eigenvalue weighted by Crippen LogP contribution is -2.14. The van der Waals surface area contributed by atoms with Crippen molar-refractivity contribution in [2.45, 2.75) is 18.7 Å². The average Bonchev–Trinajstić information content (AvgIpc) is 3.15. The van der Waals surface area contributed by atoms with Gasteiger partial charge in [0.05, 0.1) is 28.3 Å². The lowest BCUT2D eigenvalue weighted by atomic mass is 10.1. The highest BCUT2D eigenvalue weighted by atomic mass is 32.2. The maximum absolute atomic E-state index is 13.6. The third-order valence-corrected chi connectivity index (χ3v) is 6.66. The molecule has 0 spiro atoms. The van der Waals surface area contributed by atoms with Gasteiger partial charge >= 0.3 is 5.97 Å². The number of hydrogen-bond donors (Lipinski definition) is 0. The number of aromatic nitrogens is 1. The van der Waals surface area contributed by atoms with E-state index in [2.05, 4.69) is 0 Å². The monoisotopic (exact) mass is 419 g/mol. The van der Waals surface area contributed by atoms with Gasteiger partial charge in [0.15, 0.2) is 0 Å². The number of para-hydroxylation sites is 1. The normalized spacial score (nSPS) is 11.5. The van der Waals surface area contributed by atoms with Crippen molar-refractivity contribution in [2.24, 2.45) is 0 Å². The van der Waals surface area contributed by atoms with Crippen molar-refractivity contribution < 1.29 is 17.9 Å². The molecule has 5 nitrogen and oxygen atoms in total. The average molecular weight is 420 g/mol. The molecule has 3 aromatic carbocycles. The van der Waals surface area contributed by atoms with Gasteiger partial charge in [0.2, 0.25) is 0 Å². The van der Waals surface area contributed by atoms with E-state index < -0.39 is 16.0 Å². The fourth-order valence-corrected chi connectivity index (χ4v) is 4.93. The van der Waals surface area contributed by atoms with Crippen LogP contribution in [-0.2, 0) is 14.8 Å². The third kappa shape index (κ3) is 3.50. The summed E-state index contributed by atoms with van der Waals surface area (Å²) < 4.78 is 33.5. The quantitative estimate of drug-likeness (QED) is 0.426. The number of rotatable bonds is 5. The van der Waals surface area contributed by atoms with Gasteiger partial charge in [0, 0.05) is 5.39 Å². The van der Waals surface area contributed by atoms with Gasteiger partial charge in [-0.2, -0.15) is 0 Å². The van der Waals surface area contributed by atoms with Crippen LogP contribution in [0.5, 0.6) is 0 Å². The van der Waals surface area contributed by atoms with Gasteiger partial charge in [0.1, 0.15) is 0 Å². The molecule has 152 valence electrons. The zero-order valence-corrected chi connectivity index (χ0v) is 17.5. The second kappa shape index (κ2) is 7.80. The van der Waals surface area contributed by atoms with Crippen LogP contribution in [0, 0.1) is 6.92 Å². The van der Waals surface area contributed by atoms with E-state index in [1.807, 2.05) is 31.2 Å². The summed E-state index contributed by atoms with van der Waals surface area (Å²) in [5, 5.41) is 0.817. The first-order valence-electron chi connectivity index (χ1n) is 9.62. The zero-order valence-electron chi connectivity index (χ0n) is 16.7. The summed E-state index contributed by atoms with van der Waals surface area (Å²) in [6, 6.07) is 22.8. The Labute approximate surface area is 175 Å². The number of fused-ring (bicyclic) bond motifs is 1. The van der Waals surface area contributed by atoms with Gasteiger partial charge < -0.3 is 4.74 Å². The molecule has 0 saturated heterocycles. The van der Waals surface area contributed by atoms with E-state index in [0.717, 1.165) is 10.9 Å². The molecule has 6 heteroatoms. The second-order valence-electron chi connectivity index (χ2n) is 6.97. The highest BCUT2D eigenvalue weighted by Crippen LogP contribution is 2.32. The van der Waals surface area contributed by atoms with E-state index in [9.17, 15) is 13.2 Å². The molecule has 0 aliphatic heterocycles. The fourth-order valence-electron chi connectivity index (χ4n) is 3.40. The maximum Gasteiger partial charge on any atom is 0.338 e. The highest BCUT2D eigenvalue weighted by Gasteiger charge is 2.24. The van der Waals surface area contributed by atoms with Crippen LogP contribution in [0.4, 0.5) is 0 Å². The van der Waals surface area contributed by atoms with Crippen LogP contribution in [0.2, 0.25) is 0 Å². The molecule has 0 saturated carbocycles. The number of benzene rings is 3. The van der Waals surface area contributed by atoms with Crippen LogP contribution < -0.4 is 0 Å². The van der Waals surface area contributed by atoms with Gasteiger partial charge in [-0.1, -0.05) is 48.0 Å². The Hall–Kier alpha value is -3.38. The first-order valence-corrected chi connectivity index (χ1v) is 11.1. The third-order valence-electron chi connectivity index (χ3n) is 4.92. The summed E-state index contributed by atoms with van der Waals surface area (Å²) in [6.45, 7) is 3.96. The summed E-state index contributed by atoms with van der Waals surface area (Å²) in [6.07, 6.45) is 0. The van der Waals surface area contributed by atoms with Crippen molar-refractivity contribution in [3.63, 3.8) is 0 Å². The van der Waals surface area contributed by atoms with Crippen molar-refractivity contribution >= 4 is 26.9 Å². The van der Waals surface area contributed by atoms with Crippen LogP contribution in [0.1, 0.15) is 22.8 Å². The van der Waals surface area contributed by atoms with Crippen molar-refractivity contribution in [3.05, 3.63) is 90.0 Å². The van der Waals surface area contributed by atoms with Crippen LogP contribution in [0.15, 0.2) is 83.8 Å². The van der Waals surface area contributed by atoms with E-state index in [0.29, 0.717) is 28.9 Å². The molecule has 1 heterocycles. The summed E-state index contributed by atoms with van der Waals surface area (Å²) >= 11 is 0. The number of carbonyl (C=O) groups is 1. The largest absolute Gasteiger partial charge is 0.462 e. The first-order chi connectivity index (χ1) is 14.4. The lowest BCUT2D eigenvalue weighted by molar-refractivity contribution is 0.0526. The van der Waals surface area contributed by atoms with Crippen molar-refractivity contribution in [2.75, 3.05) is 6.61 Å². The number of aryl methyl sites for hydroxylation is 1. The molecular weight excluding hydrogens is 398 g/mol. The van der Waals surface area contributed by atoms with E-state index in [-0.39, 0.29) is 4.90 Å². The SMILES string of the molecule is CCOC(=O)c1ccc(-c2cc3ccccc3n2S(=O)(=O)c2ccc(C)cc2)cc1. The minimum atomic E-state index is -3.83. The van der Waals surface area contributed by atoms with Crippen LogP contribution in [-0.4, -0.2) is 25.0 Å². The Balaban J connectivity index is 1.90. The molecule has 1 aromatic heterocycles. The van der Waals surface area contributed by atoms with E-state index in [1.54, 1.807) is 61.5 Å². The van der Waals surface area contributed by atoms with Gasteiger partial charge in [-0.05, 0) is 55.8 Å². The number of ether oxygens (including phenoxy) is 1. The minimum absolute atomic E-state index is 0.221. The zero-order chi connectivity index (χ0) is 21.3. The Morgan fingerprint density at radius 3 is 2.27 bits per heavy atom. The summed E-state index contributed by atoms with van der Waals surface area (Å²) in [5.74, 6) is -0.406. The molecule has 0 bridgehead atoms. The molecule has 0 atom stereocenters. The second-order valence-corrected chi connectivity index (χ2v) is 8.76. The number of esters is 1. The maximum atomic E-state index is 13.6. The predicted molar refractivity (Wildman–Crippen MR) is 117 cm³/mol. The van der Waals surface area contributed by atoms with Gasteiger partial charge in [-0.25, -0.2) is 17.2 Å². The molecule has 4 aromatic rings. The summed E-state index contributed by atoms with van der Waals surface area (Å²) in [7, 11) is -3.83. The molecule has 0 unspecified atom stereocenters. The molecule has 0 N–H and O–H groups in total. The van der Waals surface area contributed by atoms with Gasteiger partial charge in [0.25, 0.3) is 10.0 Å². The summed E-state index contributed by atoms with van der Waals surface area (Å²) in [5.41, 5.74) is 3.23. The molecule has 0 radical (unpaired) electrons. The molecule has 0 aliphatic rings. The smallest absolute Gasteiger partial charge is 0.338 e. The van der Waals surface area contributed by atoms with Gasteiger partial charge in [-0.3, -0.25) is 0 Å². The minimum Gasteiger partial charge on any atom is -0.462 e. The van der Waals surface area contributed by atoms with Crippen molar-refractivity contribution in [1.29, 1.82) is 0 Å². The van der Waals surface area contributed by atoms with Crippen molar-refractivity contribution in [3.8, 4) is 11.3 Å².